The second-order valence-corrected chi connectivity index (χ2v) is 5.50. The molecule has 2 nitrogen and oxygen atoms in total. The van der Waals surface area contributed by atoms with Crippen molar-refractivity contribution in [2.45, 2.75) is 31.3 Å². The lowest BCUT2D eigenvalue weighted by molar-refractivity contribution is 0.220. The first-order valence-electron chi connectivity index (χ1n) is 6.63. The highest BCUT2D eigenvalue weighted by atomic mass is 35.5. The van der Waals surface area contributed by atoms with E-state index in [9.17, 15) is 5.11 Å². The predicted octanol–water partition coefficient (Wildman–Crippen LogP) is 4.08. The fourth-order valence-electron chi connectivity index (χ4n) is 2.43. The van der Waals surface area contributed by atoms with Gasteiger partial charge in [-0.3, -0.25) is 0 Å². The Hall–Kier alpha value is -1.38. The van der Waals surface area contributed by atoms with Crippen molar-refractivity contribution in [3.63, 3.8) is 0 Å². The van der Waals surface area contributed by atoms with Gasteiger partial charge in [0.15, 0.2) is 0 Å². The molecule has 1 N–H and O–H groups in total. The summed E-state index contributed by atoms with van der Waals surface area (Å²) in [7, 11) is 0. The first kappa shape index (κ1) is 12.6. The van der Waals surface area contributed by atoms with Crippen molar-refractivity contribution in [3.8, 4) is 0 Å². The maximum Gasteiger partial charge on any atom is 0.129 e. The number of pyridine rings is 1. The predicted molar refractivity (Wildman–Crippen MR) is 76.3 cm³/mol. The summed E-state index contributed by atoms with van der Waals surface area (Å²) in [5.41, 5.74) is 3.05. The monoisotopic (exact) mass is 273 g/mol. The van der Waals surface area contributed by atoms with Crippen molar-refractivity contribution in [3.05, 3.63) is 64.4 Å². The number of aliphatic hydroxyl groups is 1. The summed E-state index contributed by atoms with van der Waals surface area (Å²) < 4.78 is 0. The molecule has 1 aliphatic carbocycles. The third-order valence-corrected chi connectivity index (χ3v) is 4.12. The van der Waals surface area contributed by atoms with Crippen LogP contribution in [0.5, 0.6) is 0 Å². The van der Waals surface area contributed by atoms with E-state index in [2.05, 4.69) is 17.1 Å². The first-order chi connectivity index (χ1) is 9.24. The lowest BCUT2D eigenvalue weighted by Gasteiger charge is -2.26. The average Bonchev–Trinajstić information content (AvgIpc) is 2.38. The van der Waals surface area contributed by atoms with Crippen LogP contribution in [0.4, 0.5) is 0 Å². The summed E-state index contributed by atoms with van der Waals surface area (Å²) >= 11 is 5.75. The minimum Gasteiger partial charge on any atom is -0.384 e. The van der Waals surface area contributed by atoms with Crippen molar-refractivity contribution in [2.75, 3.05) is 0 Å². The molecule has 0 spiro atoms. The second-order valence-electron chi connectivity index (χ2n) is 5.11. The molecule has 1 heterocycles. The molecule has 0 radical (unpaired) electrons. The number of rotatable bonds is 3. The zero-order chi connectivity index (χ0) is 13.2. The molecule has 98 valence electrons. The van der Waals surface area contributed by atoms with Crippen LogP contribution in [0.25, 0.3) is 0 Å². The molecule has 0 amide bonds. The first-order valence-corrected chi connectivity index (χ1v) is 7.01. The molecule has 1 aliphatic rings. The summed E-state index contributed by atoms with van der Waals surface area (Å²) in [5.74, 6) is 0.725. The highest BCUT2D eigenvalue weighted by Gasteiger charge is 2.19. The maximum absolute atomic E-state index is 10.3. The van der Waals surface area contributed by atoms with Gasteiger partial charge in [-0.05, 0) is 36.0 Å². The summed E-state index contributed by atoms with van der Waals surface area (Å²) in [4.78, 5) is 4.00. The summed E-state index contributed by atoms with van der Waals surface area (Å²) in [6.45, 7) is 0. The van der Waals surface area contributed by atoms with Crippen LogP contribution >= 0.6 is 11.6 Å². The molecule has 1 saturated carbocycles. The van der Waals surface area contributed by atoms with Gasteiger partial charge in [0.1, 0.15) is 11.3 Å². The third-order valence-electron chi connectivity index (χ3n) is 3.89. The molecule has 1 fully saturated rings. The van der Waals surface area contributed by atoms with E-state index in [0.717, 1.165) is 17.0 Å². The Morgan fingerprint density at radius 3 is 2.26 bits per heavy atom. The molecule has 1 atom stereocenters. The molecular weight excluding hydrogens is 258 g/mol. The third kappa shape index (κ3) is 2.65. The molecule has 1 unspecified atom stereocenters. The van der Waals surface area contributed by atoms with Crippen LogP contribution in [-0.4, -0.2) is 10.1 Å². The van der Waals surface area contributed by atoms with E-state index >= 15 is 0 Å². The second kappa shape index (κ2) is 5.32. The van der Waals surface area contributed by atoms with Crippen LogP contribution < -0.4 is 0 Å². The van der Waals surface area contributed by atoms with Crippen molar-refractivity contribution < 1.29 is 5.11 Å². The Labute approximate surface area is 118 Å². The fraction of sp³-hybridized carbons (Fsp3) is 0.312. The normalized spacial score (nSPS) is 16.9. The standard InChI is InChI=1S/C16H16ClNO/c17-15-9-8-14(10-18-15)16(19)13-6-4-12(5-7-13)11-2-1-3-11/h4-11,16,19H,1-3H2. The molecule has 1 aromatic heterocycles. The Morgan fingerprint density at radius 2 is 1.74 bits per heavy atom. The molecule has 1 aromatic carbocycles. The number of aliphatic hydroxyl groups excluding tert-OH is 1. The van der Waals surface area contributed by atoms with Gasteiger partial charge >= 0.3 is 0 Å². The van der Waals surface area contributed by atoms with E-state index in [-0.39, 0.29) is 0 Å². The molecule has 3 heteroatoms. The smallest absolute Gasteiger partial charge is 0.129 e. The zero-order valence-electron chi connectivity index (χ0n) is 10.6. The summed E-state index contributed by atoms with van der Waals surface area (Å²) in [6.07, 6.45) is 4.91. The molecule has 0 bridgehead atoms. The summed E-state index contributed by atoms with van der Waals surface area (Å²) in [6, 6.07) is 11.8. The Bertz CT molecular complexity index is 546. The van der Waals surface area contributed by atoms with Gasteiger partial charge in [-0.25, -0.2) is 4.98 Å². The van der Waals surface area contributed by atoms with Crippen LogP contribution in [-0.2, 0) is 0 Å². The van der Waals surface area contributed by atoms with Crippen molar-refractivity contribution in [2.24, 2.45) is 0 Å². The molecule has 19 heavy (non-hydrogen) atoms. The molecule has 0 aliphatic heterocycles. The number of nitrogens with zero attached hydrogens (tertiary/aromatic N) is 1. The van der Waals surface area contributed by atoms with Gasteiger partial charge < -0.3 is 5.11 Å². The van der Waals surface area contributed by atoms with E-state index in [1.54, 1.807) is 18.3 Å². The van der Waals surface area contributed by atoms with Crippen LogP contribution in [0.3, 0.4) is 0 Å². The Morgan fingerprint density at radius 1 is 1.05 bits per heavy atom. The number of halogens is 1. The fourth-order valence-corrected chi connectivity index (χ4v) is 2.55. The van der Waals surface area contributed by atoms with Gasteiger partial charge in [-0.1, -0.05) is 48.4 Å². The minimum atomic E-state index is -0.639. The largest absolute Gasteiger partial charge is 0.384 e. The van der Waals surface area contributed by atoms with E-state index in [1.165, 1.54) is 24.8 Å². The lowest BCUT2D eigenvalue weighted by atomic mass is 9.80. The Kier molecular flexibility index (Phi) is 3.54. The minimum absolute atomic E-state index is 0.441. The molecule has 2 aromatic rings. The number of aromatic nitrogens is 1. The quantitative estimate of drug-likeness (QED) is 0.855. The molecule has 0 saturated heterocycles. The van der Waals surface area contributed by atoms with E-state index in [4.69, 9.17) is 11.6 Å². The average molecular weight is 274 g/mol. The van der Waals surface area contributed by atoms with Gasteiger partial charge in [0.2, 0.25) is 0 Å². The SMILES string of the molecule is OC(c1ccc(C2CCC2)cc1)c1ccc(Cl)nc1. The van der Waals surface area contributed by atoms with Gasteiger partial charge in [-0.2, -0.15) is 0 Å². The van der Waals surface area contributed by atoms with Crippen LogP contribution in [0.2, 0.25) is 5.15 Å². The van der Waals surface area contributed by atoms with Crippen LogP contribution in [0, 0.1) is 0 Å². The highest BCUT2D eigenvalue weighted by molar-refractivity contribution is 6.29. The maximum atomic E-state index is 10.3. The summed E-state index contributed by atoms with van der Waals surface area (Å²) in [5, 5.41) is 10.7. The van der Waals surface area contributed by atoms with E-state index in [0.29, 0.717) is 5.15 Å². The topological polar surface area (TPSA) is 33.1 Å². The van der Waals surface area contributed by atoms with Crippen LogP contribution in [0.1, 0.15) is 48.0 Å². The van der Waals surface area contributed by atoms with Crippen molar-refractivity contribution in [1.29, 1.82) is 0 Å². The number of hydrogen-bond acceptors (Lipinski definition) is 2. The number of benzene rings is 1. The van der Waals surface area contributed by atoms with Gasteiger partial charge in [0.25, 0.3) is 0 Å². The van der Waals surface area contributed by atoms with Gasteiger partial charge in [0, 0.05) is 11.8 Å². The lowest BCUT2D eigenvalue weighted by Crippen LogP contribution is -2.09. The van der Waals surface area contributed by atoms with Gasteiger partial charge in [-0.15, -0.1) is 0 Å². The van der Waals surface area contributed by atoms with Gasteiger partial charge in [0.05, 0.1) is 0 Å². The molecular formula is C16H16ClNO. The Balaban J connectivity index is 1.79. The molecule has 3 rings (SSSR count). The van der Waals surface area contributed by atoms with E-state index in [1.807, 2.05) is 12.1 Å². The zero-order valence-corrected chi connectivity index (χ0v) is 11.3. The van der Waals surface area contributed by atoms with Crippen molar-refractivity contribution >= 4 is 11.6 Å². The van der Waals surface area contributed by atoms with Crippen LogP contribution in [0.15, 0.2) is 42.6 Å². The number of hydrogen-bond donors (Lipinski definition) is 1. The van der Waals surface area contributed by atoms with E-state index < -0.39 is 6.10 Å². The highest BCUT2D eigenvalue weighted by Crippen LogP contribution is 2.36. The van der Waals surface area contributed by atoms with Crippen molar-refractivity contribution in [1.82, 2.24) is 4.98 Å².